The summed E-state index contributed by atoms with van der Waals surface area (Å²) in [5.74, 6) is 1.01. The molecule has 0 atom stereocenters. The van der Waals surface area contributed by atoms with E-state index in [4.69, 9.17) is 4.74 Å². The number of anilines is 1. The van der Waals surface area contributed by atoms with Crippen molar-refractivity contribution in [3.63, 3.8) is 0 Å². The van der Waals surface area contributed by atoms with Crippen LogP contribution in [0.1, 0.15) is 23.7 Å². The van der Waals surface area contributed by atoms with Gasteiger partial charge in [-0.05, 0) is 19.1 Å². The number of para-hydroxylation sites is 1. The van der Waals surface area contributed by atoms with E-state index in [-0.39, 0.29) is 5.78 Å². The van der Waals surface area contributed by atoms with Gasteiger partial charge in [-0.15, -0.1) is 0 Å². The Morgan fingerprint density at radius 2 is 2.27 bits per heavy atom. The summed E-state index contributed by atoms with van der Waals surface area (Å²) >= 11 is 0. The zero-order valence-electron chi connectivity index (χ0n) is 9.12. The van der Waals surface area contributed by atoms with Gasteiger partial charge in [-0.2, -0.15) is 0 Å². The first-order chi connectivity index (χ1) is 7.27. The zero-order valence-corrected chi connectivity index (χ0v) is 9.12. The van der Waals surface area contributed by atoms with E-state index < -0.39 is 0 Å². The van der Waals surface area contributed by atoms with Gasteiger partial charge in [-0.3, -0.25) is 4.79 Å². The lowest BCUT2D eigenvalue weighted by atomic mass is 10.00. The topological polar surface area (TPSA) is 29.5 Å². The summed E-state index contributed by atoms with van der Waals surface area (Å²) in [6.45, 7) is 3.79. The Hall–Kier alpha value is -1.51. The molecule has 15 heavy (non-hydrogen) atoms. The molecular weight excluding hydrogens is 190 g/mol. The third-order valence-electron chi connectivity index (χ3n) is 2.83. The van der Waals surface area contributed by atoms with Crippen LogP contribution in [-0.2, 0) is 0 Å². The largest absolute Gasteiger partial charge is 0.495 e. The predicted octanol–water partition coefficient (Wildman–Crippen LogP) is 2.11. The second-order valence-corrected chi connectivity index (χ2v) is 3.61. The van der Waals surface area contributed by atoms with Crippen molar-refractivity contribution >= 4 is 11.5 Å². The lowest BCUT2D eigenvalue weighted by molar-refractivity contribution is 0.0979. The van der Waals surface area contributed by atoms with Crippen LogP contribution in [0.2, 0.25) is 0 Å². The Labute approximate surface area is 89.7 Å². The molecule has 3 nitrogen and oxygen atoms in total. The molecule has 1 aromatic carbocycles. The molecule has 0 fully saturated rings. The summed E-state index contributed by atoms with van der Waals surface area (Å²) in [6, 6.07) is 5.65. The van der Waals surface area contributed by atoms with Gasteiger partial charge in [0.1, 0.15) is 5.75 Å². The fourth-order valence-electron chi connectivity index (χ4n) is 2.04. The van der Waals surface area contributed by atoms with Crippen molar-refractivity contribution in [2.75, 3.05) is 25.1 Å². The van der Waals surface area contributed by atoms with E-state index in [1.54, 1.807) is 7.11 Å². The van der Waals surface area contributed by atoms with Crippen LogP contribution >= 0.6 is 0 Å². The molecule has 0 unspecified atom stereocenters. The van der Waals surface area contributed by atoms with Gasteiger partial charge in [-0.25, -0.2) is 0 Å². The molecule has 1 aliphatic heterocycles. The van der Waals surface area contributed by atoms with Crippen molar-refractivity contribution < 1.29 is 9.53 Å². The number of carbonyl (C=O) groups excluding carboxylic acids is 1. The number of fused-ring (bicyclic) bond motifs is 1. The van der Waals surface area contributed by atoms with Crippen molar-refractivity contribution in [3.05, 3.63) is 23.8 Å². The van der Waals surface area contributed by atoms with Crippen LogP contribution in [0.4, 0.5) is 5.69 Å². The van der Waals surface area contributed by atoms with Gasteiger partial charge < -0.3 is 9.64 Å². The minimum absolute atomic E-state index is 0.216. The maximum Gasteiger partial charge on any atom is 0.166 e. The number of methoxy groups -OCH3 is 1. The van der Waals surface area contributed by atoms with Crippen LogP contribution < -0.4 is 9.64 Å². The van der Waals surface area contributed by atoms with Crippen molar-refractivity contribution in [3.8, 4) is 5.75 Å². The number of hydrogen-bond donors (Lipinski definition) is 0. The highest BCUT2D eigenvalue weighted by atomic mass is 16.5. The molecule has 0 spiro atoms. The van der Waals surface area contributed by atoms with Crippen molar-refractivity contribution in [1.82, 2.24) is 0 Å². The molecule has 1 aliphatic rings. The van der Waals surface area contributed by atoms with Crippen molar-refractivity contribution in [1.29, 1.82) is 0 Å². The number of hydrogen-bond acceptors (Lipinski definition) is 3. The highest BCUT2D eigenvalue weighted by Crippen LogP contribution is 2.35. The Morgan fingerprint density at radius 1 is 1.47 bits per heavy atom. The monoisotopic (exact) mass is 205 g/mol. The molecule has 1 heterocycles. The predicted molar refractivity (Wildman–Crippen MR) is 59.8 cm³/mol. The molecule has 0 amide bonds. The fourth-order valence-corrected chi connectivity index (χ4v) is 2.04. The van der Waals surface area contributed by atoms with Crippen LogP contribution in [0.3, 0.4) is 0 Å². The number of Topliss-reactive ketones (excluding diaryl/α,β-unsaturated/α-hetero) is 1. The van der Waals surface area contributed by atoms with E-state index in [9.17, 15) is 4.79 Å². The number of nitrogens with zero attached hydrogens (tertiary/aromatic N) is 1. The number of benzene rings is 1. The molecule has 0 aromatic heterocycles. The molecule has 2 rings (SSSR count). The summed E-state index contributed by atoms with van der Waals surface area (Å²) in [4.78, 5) is 13.9. The molecule has 0 N–H and O–H groups in total. The summed E-state index contributed by atoms with van der Waals surface area (Å²) < 4.78 is 5.30. The normalized spacial score (nSPS) is 15.1. The van der Waals surface area contributed by atoms with Crippen LogP contribution in [-0.4, -0.2) is 26.0 Å². The van der Waals surface area contributed by atoms with E-state index in [1.807, 2.05) is 18.2 Å². The molecule has 1 aromatic rings. The van der Waals surface area contributed by atoms with Gasteiger partial charge in [0.05, 0.1) is 12.8 Å². The van der Waals surface area contributed by atoms with Gasteiger partial charge in [0.15, 0.2) is 5.78 Å². The lowest BCUT2D eigenvalue weighted by Crippen LogP contribution is -2.32. The van der Waals surface area contributed by atoms with Gasteiger partial charge in [0.2, 0.25) is 0 Å². The van der Waals surface area contributed by atoms with Gasteiger partial charge in [0, 0.05) is 25.1 Å². The number of carbonyl (C=O) groups is 1. The lowest BCUT2D eigenvalue weighted by Gasteiger charge is -2.30. The molecule has 0 aliphatic carbocycles. The molecule has 0 bridgehead atoms. The van der Waals surface area contributed by atoms with Crippen LogP contribution in [0.25, 0.3) is 0 Å². The van der Waals surface area contributed by atoms with Crippen LogP contribution in [0, 0.1) is 0 Å². The van der Waals surface area contributed by atoms with Crippen LogP contribution in [0.15, 0.2) is 18.2 Å². The van der Waals surface area contributed by atoms with E-state index in [1.165, 1.54) is 0 Å². The first-order valence-electron chi connectivity index (χ1n) is 5.23. The minimum Gasteiger partial charge on any atom is -0.495 e. The van der Waals surface area contributed by atoms with Crippen molar-refractivity contribution in [2.45, 2.75) is 13.3 Å². The number of ether oxygens (including phenoxy) is 1. The highest BCUT2D eigenvalue weighted by Gasteiger charge is 2.24. The molecule has 3 heteroatoms. The molecular formula is C12H15NO2. The molecule has 80 valence electrons. The summed E-state index contributed by atoms with van der Waals surface area (Å²) in [5.41, 5.74) is 1.75. The number of rotatable bonds is 2. The highest BCUT2D eigenvalue weighted by molar-refractivity contribution is 6.04. The average molecular weight is 205 g/mol. The average Bonchev–Trinajstić information content (AvgIpc) is 2.29. The number of ketones is 1. The maximum atomic E-state index is 11.7. The maximum absolute atomic E-state index is 11.7. The van der Waals surface area contributed by atoms with E-state index >= 15 is 0 Å². The Kier molecular flexibility index (Phi) is 2.62. The second kappa shape index (κ2) is 3.93. The SMILES string of the molecule is CCN1CCC(=O)c2cccc(OC)c21. The van der Waals surface area contributed by atoms with E-state index in [0.29, 0.717) is 6.42 Å². The quantitative estimate of drug-likeness (QED) is 0.740. The minimum atomic E-state index is 0.216. The Morgan fingerprint density at radius 3 is 2.93 bits per heavy atom. The van der Waals surface area contributed by atoms with Gasteiger partial charge in [-0.1, -0.05) is 6.07 Å². The third-order valence-corrected chi connectivity index (χ3v) is 2.83. The first-order valence-corrected chi connectivity index (χ1v) is 5.23. The summed E-state index contributed by atoms with van der Waals surface area (Å²) in [7, 11) is 1.64. The Bertz CT molecular complexity index is 387. The van der Waals surface area contributed by atoms with Crippen molar-refractivity contribution in [2.24, 2.45) is 0 Å². The Balaban J connectivity index is 2.56. The van der Waals surface area contributed by atoms with E-state index in [0.717, 1.165) is 30.1 Å². The molecule has 0 radical (unpaired) electrons. The zero-order chi connectivity index (χ0) is 10.8. The second-order valence-electron chi connectivity index (χ2n) is 3.61. The summed E-state index contributed by atoms with van der Waals surface area (Å²) in [6.07, 6.45) is 0.605. The van der Waals surface area contributed by atoms with Crippen LogP contribution in [0.5, 0.6) is 5.75 Å². The summed E-state index contributed by atoms with van der Waals surface area (Å²) in [5, 5.41) is 0. The standard InChI is InChI=1S/C12H15NO2/c1-3-13-8-7-10(14)9-5-4-6-11(15-2)12(9)13/h4-6H,3,7-8H2,1-2H3. The fraction of sp³-hybridized carbons (Fsp3) is 0.417. The third kappa shape index (κ3) is 1.58. The van der Waals surface area contributed by atoms with Gasteiger partial charge >= 0.3 is 0 Å². The van der Waals surface area contributed by atoms with Gasteiger partial charge in [0.25, 0.3) is 0 Å². The molecule has 0 saturated heterocycles. The smallest absolute Gasteiger partial charge is 0.166 e. The molecule has 0 saturated carbocycles. The first kappa shape index (κ1) is 10.0. The van der Waals surface area contributed by atoms with E-state index in [2.05, 4.69) is 11.8 Å².